The summed E-state index contributed by atoms with van der Waals surface area (Å²) in [6, 6.07) is 1.88. The van der Waals surface area contributed by atoms with Gasteiger partial charge >= 0.3 is 0 Å². The number of nitrogens with zero attached hydrogens (tertiary/aromatic N) is 4. The Morgan fingerprint density at radius 3 is 2.85 bits per heavy atom. The summed E-state index contributed by atoms with van der Waals surface area (Å²) in [6.07, 6.45) is 5.32. The minimum absolute atomic E-state index is 0.109. The van der Waals surface area contributed by atoms with E-state index >= 15 is 0 Å². The second-order valence-electron chi connectivity index (χ2n) is 4.95. The molecular formula is C13H18BrN5O. The molecule has 1 N–H and O–H groups in total. The summed E-state index contributed by atoms with van der Waals surface area (Å²) in [5.74, 6) is 0.380. The van der Waals surface area contributed by atoms with Gasteiger partial charge < -0.3 is 5.32 Å². The zero-order valence-electron chi connectivity index (χ0n) is 11.6. The fourth-order valence-electron chi connectivity index (χ4n) is 1.80. The van der Waals surface area contributed by atoms with Gasteiger partial charge in [0, 0.05) is 25.5 Å². The van der Waals surface area contributed by atoms with Crippen LogP contribution in [0.4, 0.5) is 5.69 Å². The maximum Gasteiger partial charge on any atom is 0.283 e. The van der Waals surface area contributed by atoms with Crippen molar-refractivity contribution in [1.82, 2.24) is 19.6 Å². The lowest BCUT2D eigenvalue weighted by atomic mass is 10.2. The molecule has 2 aromatic rings. The van der Waals surface area contributed by atoms with Crippen LogP contribution in [0.25, 0.3) is 0 Å². The summed E-state index contributed by atoms with van der Waals surface area (Å²) in [7, 11) is 0. The highest BCUT2D eigenvalue weighted by molar-refractivity contribution is 9.10. The van der Waals surface area contributed by atoms with Gasteiger partial charge in [0.1, 0.15) is 4.47 Å². The molecule has 0 unspecified atom stereocenters. The third kappa shape index (κ3) is 3.69. The van der Waals surface area contributed by atoms with Crippen LogP contribution in [0.5, 0.6) is 0 Å². The molecule has 6 nitrogen and oxygen atoms in total. The normalized spacial score (nSPS) is 11.0. The third-order valence-corrected chi connectivity index (χ3v) is 3.50. The lowest BCUT2D eigenvalue weighted by Gasteiger charge is -2.11. The van der Waals surface area contributed by atoms with Crippen molar-refractivity contribution in [3.63, 3.8) is 0 Å². The predicted octanol–water partition coefficient (Wildman–Crippen LogP) is 1.97. The highest BCUT2D eigenvalue weighted by Crippen LogP contribution is 2.16. The molecule has 0 fully saturated rings. The number of hydrogen-bond acceptors (Lipinski definition) is 4. The highest BCUT2D eigenvalue weighted by atomic mass is 79.9. The Kier molecular flexibility index (Phi) is 4.94. The van der Waals surface area contributed by atoms with E-state index in [2.05, 4.69) is 45.3 Å². The van der Waals surface area contributed by atoms with E-state index in [1.807, 2.05) is 16.9 Å². The summed E-state index contributed by atoms with van der Waals surface area (Å²) >= 11 is 3.34. The number of halogens is 1. The van der Waals surface area contributed by atoms with Crippen LogP contribution in [0.3, 0.4) is 0 Å². The first kappa shape index (κ1) is 14.8. The van der Waals surface area contributed by atoms with Crippen molar-refractivity contribution in [2.24, 2.45) is 5.92 Å². The smallest absolute Gasteiger partial charge is 0.283 e. The van der Waals surface area contributed by atoms with E-state index < -0.39 is 0 Å². The Labute approximate surface area is 125 Å². The van der Waals surface area contributed by atoms with E-state index in [0.29, 0.717) is 29.2 Å². The molecule has 108 valence electrons. The number of nitrogens with one attached hydrogen (secondary N) is 1. The molecule has 7 heteroatoms. The summed E-state index contributed by atoms with van der Waals surface area (Å²) in [5.41, 5.74) is 0.602. The molecule has 0 atom stereocenters. The van der Waals surface area contributed by atoms with Crippen molar-refractivity contribution in [1.29, 1.82) is 0 Å². The van der Waals surface area contributed by atoms with E-state index in [1.165, 1.54) is 4.68 Å². The van der Waals surface area contributed by atoms with Gasteiger partial charge in [-0.3, -0.25) is 9.48 Å². The Morgan fingerprint density at radius 2 is 2.20 bits per heavy atom. The Balaban J connectivity index is 2.02. The first-order chi connectivity index (χ1) is 9.58. The molecular weight excluding hydrogens is 322 g/mol. The van der Waals surface area contributed by atoms with Crippen molar-refractivity contribution in [2.45, 2.75) is 26.9 Å². The van der Waals surface area contributed by atoms with E-state index in [9.17, 15) is 4.79 Å². The molecule has 0 amide bonds. The third-order valence-electron chi connectivity index (χ3n) is 2.74. The maximum absolute atomic E-state index is 12.1. The van der Waals surface area contributed by atoms with E-state index in [1.54, 1.807) is 12.4 Å². The lowest BCUT2D eigenvalue weighted by molar-refractivity contribution is 0.462. The second kappa shape index (κ2) is 6.69. The fraction of sp³-hybridized carbons (Fsp3) is 0.462. The molecule has 2 rings (SSSR count). The summed E-state index contributed by atoms with van der Waals surface area (Å²) in [6.45, 7) is 6.13. The number of rotatable bonds is 6. The van der Waals surface area contributed by atoms with Crippen LogP contribution in [-0.2, 0) is 13.1 Å². The van der Waals surface area contributed by atoms with Crippen LogP contribution in [0.1, 0.15) is 13.8 Å². The molecule has 0 bridgehead atoms. The standard InChI is InChI=1S/C13H18BrN5O/c1-10(2)9-19-13(20)12(14)11(8-17-19)15-5-7-18-6-3-4-16-18/h3-4,6,8,10,15H,5,7,9H2,1-2H3. The Morgan fingerprint density at radius 1 is 1.40 bits per heavy atom. The molecule has 0 aliphatic heterocycles. The van der Waals surface area contributed by atoms with Crippen LogP contribution < -0.4 is 10.9 Å². The average Bonchev–Trinajstić information content (AvgIpc) is 2.90. The molecule has 2 heterocycles. The quantitative estimate of drug-likeness (QED) is 0.873. The first-order valence-corrected chi connectivity index (χ1v) is 7.34. The monoisotopic (exact) mass is 339 g/mol. The summed E-state index contributed by atoms with van der Waals surface area (Å²) in [4.78, 5) is 12.1. The van der Waals surface area contributed by atoms with Gasteiger partial charge in [-0.25, -0.2) is 4.68 Å². The minimum atomic E-state index is -0.109. The van der Waals surface area contributed by atoms with Gasteiger partial charge in [0.25, 0.3) is 5.56 Å². The zero-order chi connectivity index (χ0) is 14.5. The summed E-state index contributed by atoms with van der Waals surface area (Å²) < 4.78 is 3.83. The van der Waals surface area contributed by atoms with Gasteiger partial charge in [-0.05, 0) is 27.9 Å². The van der Waals surface area contributed by atoms with Crippen LogP contribution in [0.2, 0.25) is 0 Å². The van der Waals surface area contributed by atoms with Gasteiger partial charge in [-0.15, -0.1) is 0 Å². The number of hydrogen-bond donors (Lipinski definition) is 1. The second-order valence-corrected chi connectivity index (χ2v) is 5.74. The first-order valence-electron chi connectivity index (χ1n) is 6.55. The zero-order valence-corrected chi connectivity index (χ0v) is 13.2. The number of aromatic nitrogens is 4. The van der Waals surface area contributed by atoms with Crippen LogP contribution in [-0.4, -0.2) is 26.1 Å². The van der Waals surface area contributed by atoms with Crippen molar-refractivity contribution in [2.75, 3.05) is 11.9 Å². The minimum Gasteiger partial charge on any atom is -0.381 e. The van der Waals surface area contributed by atoms with Crippen LogP contribution in [0.15, 0.2) is 33.9 Å². The van der Waals surface area contributed by atoms with E-state index in [0.717, 1.165) is 6.54 Å². The molecule has 0 saturated heterocycles. The van der Waals surface area contributed by atoms with Gasteiger partial charge in [-0.1, -0.05) is 13.8 Å². The number of anilines is 1. The molecule has 0 aliphatic carbocycles. The lowest BCUT2D eigenvalue weighted by Crippen LogP contribution is -2.26. The molecule has 2 aromatic heterocycles. The molecule has 0 radical (unpaired) electrons. The van der Waals surface area contributed by atoms with Crippen LogP contribution >= 0.6 is 15.9 Å². The van der Waals surface area contributed by atoms with Crippen molar-refractivity contribution < 1.29 is 0 Å². The van der Waals surface area contributed by atoms with E-state index in [-0.39, 0.29) is 5.56 Å². The van der Waals surface area contributed by atoms with Crippen molar-refractivity contribution in [3.05, 3.63) is 39.5 Å². The maximum atomic E-state index is 12.1. The van der Waals surface area contributed by atoms with Crippen molar-refractivity contribution >= 4 is 21.6 Å². The van der Waals surface area contributed by atoms with Gasteiger partial charge in [-0.2, -0.15) is 10.2 Å². The molecule has 0 aliphatic rings. The SMILES string of the molecule is CC(C)Cn1ncc(NCCn2cccn2)c(Br)c1=O. The predicted molar refractivity (Wildman–Crippen MR) is 81.8 cm³/mol. The average molecular weight is 340 g/mol. The van der Waals surface area contributed by atoms with Gasteiger partial charge in [0.05, 0.1) is 18.4 Å². The van der Waals surface area contributed by atoms with Crippen LogP contribution in [0, 0.1) is 5.92 Å². The Bertz CT molecular complexity index is 606. The molecule has 0 spiro atoms. The van der Waals surface area contributed by atoms with Gasteiger partial charge in [0.2, 0.25) is 0 Å². The Hall–Kier alpha value is -1.63. The molecule has 20 heavy (non-hydrogen) atoms. The molecule has 0 aromatic carbocycles. The van der Waals surface area contributed by atoms with Crippen molar-refractivity contribution in [3.8, 4) is 0 Å². The highest BCUT2D eigenvalue weighted by Gasteiger charge is 2.09. The largest absolute Gasteiger partial charge is 0.381 e. The molecule has 0 saturated carbocycles. The fourth-order valence-corrected chi connectivity index (χ4v) is 2.25. The van der Waals surface area contributed by atoms with Gasteiger partial charge in [0.15, 0.2) is 0 Å². The summed E-state index contributed by atoms with van der Waals surface area (Å²) in [5, 5.41) is 11.5. The topological polar surface area (TPSA) is 64.7 Å². The van der Waals surface area contributed by atoms with E-state index in [4.69, 9.17) is 0 Å².